The van der Waals surface area contributed by atoms with Crippen molar-refractivity contribution in [2.24, 2.45) is 5.92 Å². The molecule has 24 heavy (non-hydrogen) atoms. The molecule has 1 atom stereocenters. The lowest BCUT2D eigenvalue weighted by atomic mass is 9.90. The van der Waals surface area contributed by atoms with Gasteiger partial charge >= 0.3 is 0 Å². The average Bonchev–Trinajstić information content (AvgIpc) is 2.63. The van der Waals surface area contributed by atoms with Crippen LogP contribution in [0.3, 0.4) is 0 Å². The molecule has 0 radical (unpaired) electrons. The van der Waals surface area contributed by atoms with E-state index in [0.29, 0.717) is 5.92 Å². The van der Waals surface area contributed by atoms with Crippen LogP contribution in [0.5, 0.6) is 0 Å². The summed E-state index contributed by atoms with van der Waals surface area (Å²) in [6.07, 6.45) is 4.04. The lowest BCUT2D eigenvalue weighted by molar-refractivity contribution is -0.405. The van der Waals surface area contributed by atoms with E-state index in [0.717, 1.165) is 38.8 Å². The summed E-state index contributed by atoms with van der Waals surface area (Å²) >= 11 is 0. The van der Waals surface area contributed by atoms with Gasteiger partial charge in [-0.3, -0.25) is 4.79 Å². The second-order valence-corrected chi connectivity index (χ2v) is 6.85. The summed E-state index contributed by atoms with van der Waals surface area (Å²) in [6, 6.07) is 20.6. The van der Waals surface area contributed by atoms with E-state index in [-0.39, 0.29) is 11.9 Å². The zero-order valence-corrected chi connectivity index (χ0v) is 14.2. The molecule has 0 unspecified atom stereocenters. The van der Waals surface area contributed by atoms with Gasteiger partial charge in [0.25, 0.3) is 5.91 Å². The van der Waals surface area contributed by atoms with E-state index in [1.165, 1.54) is 11.1 Å². The zero-order chi connectivity index (χ0) is 16.8. The number of quaternary nitrogens is 1. The Morgan fingerprint density at radius 2 is 1.50 bits per heavy atom. The SMILES string of the molecule is [NH3+][C@@H](Cc1ccccc1)C(=O)N1CCC(Cc2ccccc2)CC1. The van der Waals surface area contributed by atoms with Crippen molar-refractivity contribution in [2.75, 3.05) is 13.1 Å². The number of nitrogens with zero attached hydrogens (tertiary/aromatic N) is 1. The number of benzene rings is 2. The van der Waals surface area contributed by atoms with Gasteiger partial charge in [-0.25, -0.2) is 0 Å². The summed E-state index contributed by atoms with van der Waals surface area (Å²) in [5, 5.41) is 0. The highest BCUT2D eigenvalue weighted by Gasteiger charge is 2.28. The molecule has 3 N–H and O–H groups in total. The third-order valence-electron chi connectivity index (χ3n) is 4.97. The zero-order valence-electron chi connectivity index (χ0n) is 14.2. The Labute approximate surface area is 144 Å². The molecule has 1 aliphatic rings. The predicted octanol–water partition coefficient (Wildman–Crippen LogP) is 2.32. The molecule has 1 aliphatic heterocycles. The van der Waals surface area contributed by atoms with Gasteiger partial charge in [0.2, 0.25) is 0 Å². The molecule has 3 rings (SSSR count). The highest BCUT2D eigenvalue weighted by Crippen LogP contribution is 2.22. The third-order valence-corrected chi connectivity index (χ3v) is 4.97. The first kappa shape index (κ1) is 16.7. The van der Waals surface area contributed by atoms with Gasteiger partial charge < -0.3 is 10.6 Å². The van der Waals surface area contributed by atoms with Gasteiger partial charge in [-0.15, -0.1) is 0 Å². The van der Waals surface area contributed by atoms with Gasteiger partial charge in [-0.2, -0.15) is 0 Å². The monoisotopic (exact) mass is 323 g/mol. The molecular weight excluding hydrogens is 296 g/mol. The topological polar surface area (TPSA) is 48.0 Å². The molecule has 0 aliphatic carbocycles. The fourth-order valence-electron chi connectivity index (χ4n) is 3.55. The normalized spacial score (nSPS) is 16.8. The number of rotatable bonds is 5. The van der Waals surface area contributed by atoms with Gasteiger partial charge in [0.05, 0.1) is 0 Å². The number of amides is 1. The summed E-state index contributed by atoms with van der Waals surface area (Å²) in [5.41, 5.74) is 6.69. The van der Waals surface area contributed by atoms with Crippen LogP contribution in [0.1, 0.15) is 24.0 Å². The minimum atomic E-state index is -0.182. The van der Waals surface area contributed by atoms with Crippen LogP contribution < -0.4 is 5.73 Å². The molecule has 0 saturated carbocycles. The molecule has 3 heteroatoms. The maximum absolute atomic E-state index is 12.6. The molecule has 0 bridgehead atoms. The molecule has 3 nitrogen and oxygen atoms in total. The van der Waals surface area contributed by atoms with E-state index < -0.39 is 0 Å². The van der Waals surface area contributed by atoms with Crippen LogP contribution in [0.2, 0.25) is 0 Å². The van der Waals surface area contributed by atoms with Crippen molar-refractivity contribution >= 4 is 5.91 Å². The molecule has 1 fully saturated rings. The molecule has 126 valence electrons. The summed E-state index contributed by atoms with van der Waals surface area (Å²) < 4.78 is 0. The fourth-order valence-corrected chi connectivity index (χ4v) is 3.55. The number of hydrogen-bond acceptors (Lipinski definition) is 1. The van der Waals surface area contributed by atoms with Crippen LogP contribution in [-0.2, 0) is 17.6 Å². The van der Waals surface area contributed by atoms with Crippen molar-refractivity contribution in [3.05, 3.63) is 71.8 Å². The minimum absolute atomic E-state index is 0.182. The fraction of sp³-hybridized carbons (Fsp3) is 0.381. The quantitative estimate of drug-likeness (QED) is 0.902. The lowest BCUT2D eigenvalue weighted by Gasteiger charge is -2.32. The molecule has 2 aromatic carbocycles. The predicted molar refractivity (Wildman–Crippen MR) is 96.3 cm³/mol. The van der Waals surface area contributed by atoms with E-state index in [1.807, 2.05) is 23.1 Å². The highest BCUT2D eigenvalue weighted by atomic mass is 16.2. The molecule has 1 amide bonds. The Balaban J connectivity index is 1.48. The Bertz CT molecular complexity index is 633. The van der Waals surface area contributed by atoms with Crippen molar-refractivity contribution in [3.63, 3.8) is 0 Å². The van der Waals surface area contributed by atoms with Gasteiger partial charge in [-0.05, 0) is 36.3 Å². The summed E-state index contributed by atoms with van der Waals surface area (Å²) in [7, 11) is 0. The number of carbonyl (C=O) groups excluding carboxylic acids is 1. The van der Waals surface area contributed by atoms with Crippen molar-refractivity contribution in [1.82, 2.24) is 4.90 Å². The second-order valence-electron chi connectivity index (χ2n) is 6.85. The molecular formula is C21H27N2O+. The maximum atomic E-state index is 12.6. The smallest absolute Gasteiger partial charge is 0.281 e. The summed E-state index contributed by atoms with van der Waals surface area (Å²) in [5.74, 6) is 0.894. The van der Waals surface area contributed by atoms with Gasteiger partial charge in [0.1, 0.15) is 0 Å². The van der Waals surface area contributed by atoms with Gasteiger partial charge in [0, 0.05) is 19.5 Å². The van der Waals surface area contributed by atoms with E-state index in [4.69, 9.17) is 0 Å². The molecule has 1 saturated heterocycles. The highest BCUT2D eigenvalue weighted by molar-refractivity contribution is 5.80. The second kappa shape index (κ2) is 8.11. The molecule has 0 spiro atoms. The maximum Gasteiger partial charge on any atom is 0.281 e. The number of likely N-dealkylation sites (tertiary alicyclic amines) is 1. The van der Waals surface area contributed by atoms with E-state index in [2.05, 4.69) is 48.2 Å². The van der Waals surface area contributed by atoms with Crippen LogP contribution in [-0.4, -0.2) is 29.9 Å². The number of piperidine rings is 1. The Morgan fingerprint density at radius 1 is 0.958 bits per heavy atom. The van der Waals surface area contributed by atoms with Crippen LogP contribution in [0.4, 0.5) is 0 Å². The van der Waals surface area contributed by atoms with E-state index in [1.54, 1.807) is 0 Å². The Hall–Kier alpha value is -2.13. The average molecular weight is 323 g/mol. The first-order valence-corrected chi connectivity index (χ1v) is 8.92. The van der Waals surface area contributed by atoms with Crippen molar-refractivity contribution in [2.45, 2.75) is 31.7 Å². The van der Waals surface area contributed by atoms with E-state index >= 15 is 0 Å². The Kier molecular flexibility index (Phi) is 5.65. The minimum Gasteiger partial charge on any atom is -0.347 e. The standard InChI is InChI=1S/C21H26N2O/c22-20(16-18-9-5-2-6-10-18)21(24)23-13-11-19(12-14-23)15-17-7-3-1-4-8-17/h1-10,19-20H,11-16,22H2/p+1/t20-/m0/s1. The lowest BCUT2D eigenvalue weighted by Crippen LogP contribution is -2.69. The summed E-state index contributed by atoms with van der Waals surface area (Å²) in [6.45, 7) is 1.74. The van der Waals surface area contributed by atoms with Gasteiger partial charge in [0.15, 0.2) is 6.04 Å². The molecule has 0 aromatic heterocycles. The van der Waals surface area contributed by atoms with Crippen LogP contribution in [0.15, 0.2) is 60.7 Å². The van der Waals surface area contributed by atoms with Crippen LogP contribution in [0.25, 0.3) is 0 Å². The first-order valence-electron chi connectivity index (χ1n) is 8.92. The van der Waals surface area contributed by atoms with E-state index in [9.17, 15) is 4.79 Å². The molecule has 2 aromatic rings. The number of carbonyl (C=O) groups is 1. The third kappa shape index (κ3) is 4.45. The van der Waals surface area contributed by atoms with Gasteiger partial charge in [-0.1, -0.05) is 60.7 Å². The van der Waals surface area contributed by atoms with Crippen LogP contribution in [0, 0.1) is 5.92 Å². The largest absolute Gasteiger partial charge is 0.347 e. The van der Waals surface area contributed by atoms with Crippen LogP contribution >= 0.6 is 0 Å². The summed E-state index contributed by atoms with van der Waals surface area (Å²) in [4.78, 5) is 14.6. The number of hydrogen-bond donors (Lipinski definition) is 1. The van der Waals surface area contributed by atoms with Crippen molar-refractivity contribution in [3.8, 4) is 0 Å². The van der Waals surface area contributed by atoms with Crippen molar-refractivity contribution in [1.29, 1.82) is 0 Å². The first-order chi connectivity index (χ1) is 11.7. The molecule has 1 heterocycles. The Morgan fingerprint density at radius 3 is 2.08 bits per heavy atom. The van der Waals surface area contributed by atoms with Crippen molar-refractivity contribution < 1.29 is 10.5 Å².